The molecule has 2 radical (unpaired) electrons. The van der Waals surface area contributed by atoms with Gasteiger partial charge in [-0.15, -0.1) is 0 Å². The molecule has 32 heavy (non-hydrogen) atoms. The Kier molecular flexibility index (Phi) is 40.5. The summed E-state index contributed by atoms with van der Waals surface area (Å²) in [5.74, 6) is -19.7. The molecule has 0 atom stereocenters. The molecule has 0 unspecified atom stereocenters. The van der Waals surface area contributed by atoms with Gasteiger partial charge in [0, 0.05) is 59.9 Å². The van der Waals surface area contributed by atoms with Crippen LogP contribution in [0.1, 0.15) is 0 Å². The molecule has 0 aliphatic rings. The van der Waals surface area contributed by atoms with Gasteiger partial charge in [0.15, 0.2) is 0 Å². The zero-order valence-electron chi connectivity index (χ0n) is 14.3. The van der Waals surface area contributed by atoms with Crippen LogP contribution in [0.5, 0.6) is 0 Å². The molecule has 20 nitrogen and oxygen atoms in total. The van der Waals surface area contributed by atoms with Crippen molar-refractivity contribution in [1.82, 2.24) is 0 Å². The standard InChI is InChI=1S/5C2H2O4.2Np/c5*3-1(4)2(5)6;;/h5*(H,3,4)(H,5,6);;/p-4. The van der Waals surface area contributed by atoms with E-state index in [1.807, 2.05) is 0 Å². The van der Waals surface area contributed by atoms with Gasteiger partial charge in [-0.3, -0.25) is 0 Å². The maximum absolute atomic E-state index is 9.10. The second-order valence-electron chi connectivity index (χ2n) is 2.98. The monoisotopic (exact) mass is 918 g/mol. The van der Waals surface area contributed by atoms with Gasteiger partial charge in [-0.1, -0.05) is 0 Å². The van der Waals surface area contributed by atoms with Crippen molar-refractivity contribution in [3.8, 4) is 0 Å². The van der Waals surface area contributed by atoms with E-state index in [1.165, 1.54) is 0 Å². The Morgan fingerprint density at radius 3 is 0.375 bits per heavy atom. The van der Waals surface area contributed by atoms with Crippen molar-refractivity contribution in [1.29, 1.82) is 0 Å². The first-order valence-electron chi connectivity index (χ1n) is 5.45. The molecule has 0 saturated carbocycles. The van der Waals surface area contributed by atoms with Gasteiger partial charge in [0.25, 0.3) is 0 Å². The Morgan fingerprint density at radius 2 is 0.375 bits per heavy atom. The van der Waals surface area contributed by atoms with Gasteiger partial charge in [0.1, 0.15) is 0 Å². The third kappa shape index (κ3) is 63.2. The zero-order valence-corrected chi connectivity index (χ0v) is 21.7. The summed E-state index contributed by atoms with van der Waals surface area (Å²) >= 11 is 0. The molecule has 0 aromatic heterocycles. The van der Waals surface area contributed by atoms with Crippen molar-refractivity contribution >= 4 is 59.7 Å². The van der Waals surface area contributed by atoms with E-state index in [1.54, 1.807) is 0 Å². The molecule has 0 aliphatic carbocycles. The Labute approximate surface area is 217 Å². The molecular formula is C10H6Np2O20-4. The third-order valence-corrected chi connectivity index (χ3v) is 0.882. The summed E-state index contributed by atoms with van der Waals surface area (Å²) in [6, 6.07) is 0. The smallest absolute Gasteiger partial charge is 0.414 e. The maximum Gasteiger partial charge on any atom is 0.414 e. The van der Waals surface area contributed by atoms with Crippen LogP contribution in [0.15, 0.2) is 0 Å². The van der Waals surface area contributed by atoms with Crippen LogP contribution in [-0.4, -0.2) is 90.3 Å². The third-order valence-electron chi connectivity index (χ3n) is 0.882. The zero-order chi connectivity index (χ0) is 25.8. The van der Waals surface area contributed by atoms with E-state index in [9.17, 15) is 0 Å². The summed E-state index contributed by atoms with van der Waals surface area (Å²) < 4.78 is 0. The van der Waals surface area contributed by atoms with Crippen molar-refractivity contribution in [3.05, 3.63) is 0 Å². The number of aliphatic carboxylic acids is 10. The van der Waals surface area contributed by atoms with Crippen LogP contribution < -0.4 is 20.4 Å². The van der Waals surface area contributed by atoms with E-state index in [4.69, 9.17) is 99.0 Å². The first-order valence-corrected chi connectivity index (χ1v) is 5.45. The van der Waals surface area contributed by atoms with Gasteiger partial charge in [-0.2, -0.15) is 0 Å². The number of carboxylic acid groups (broad SMARTS) is 10. The van der Waals surface area contributed by atoms with Crippen LogP contribution in [-0.2, 0) is 47.9 Å². The van der Waals surface area contributed by atoms with Crippen LogP contribution in [0.4, 0.5) is 0 Å². The quantitative estimate of drug-likeness (QED) is 0.123. The minimum atomic E-state index is -2.19. The molecule has 0 aliphatic heterocycles. The predicted molar refractivity (Wildman–Crippen MR) is 65.8 cm³/mol. The van der Waals surface area contributed by atoms with Crippen molar-refractivity contribution in [2.45, 2.75) is 0 Å². The van der Waals surface area contributed by atoms with Gasteiger partial charge in [-0.05, 0) is 0 Å². The molecule has 0 fully saturated rings. The van der Waals surface area contributed by atoms with E-state index in [2.05, 4.69) is 0 Å². The van der Waals surface area contributed by atoms with E-state index in [0.29, 0.717) is 0 Å². The summed E-state index contributed by atoms with van der Waals surface area (Å²) in [4.78, 5) is 90.3. The second-order valence-corrected chi connectivity index (χ2v) is 2.98. The summed E-state index contributed by atoms with van der Waals surface area (Å²) in [6.45, 7) is 0. The van der Waals surface area contributed by atoms with Crippen LogP contribution in [0.3, 0.4) is 0 Å². The van der Waals surface area contributed by atoms with Gasteiger partial charge in [0.2, 0.25) is 0 Å². The topological polar surface area (TPSA) is 384 Å². The molecule has 0 aromatic carbocycles. The summed E-state index contributed by atoms with van der Waals surface area (Å²) in [5.41, 5.74) is 0. The van der Waals surface area contributed by atoms with Crippen molar-refractivity contribution in [3.63, 3.8) is 0 Å². The Hall–Kier alpha value is -3.27. The molecule has 0 rings (SSSR count). The van der Waals surface area contributed by atoms with Crippen LogP contribution in [0, 0.1) is 59.9 Å². The number of carbonyl (C=O) groups is 10. The number of rotatable bonds is 0. The summed E-state index contributed by atoms with van der Waals surface area (Å²) in [6.07, 6.45) is 0. The fourth-order valence-corrected chi connectivity index (χ4v) is 0. The SMILES string of the molecule is O=C(O)C(=O)O.O=C(O)C(=O)O.O=C(O)C(=O)O.O=C([O-])C(=O)[O-].O=C([O-])C(=O)[O-].[Np].[Np]. The van der Waals surface area contributed by atoms with Crippen molar-refractivity contribution in [2.75, 3.05) is 0 Å². The fraction of sp³-hybridized carbons (Fsp3) is 0. The second kappa shape index (κ2) is 27.7. The molecule has 180 valence electrons. The number of carboxylic acids is 10. The molecule has 6 N–H and O–H groups in total. The molecule has 0 aromatic rings. The van der Waals surface area contributed by atoms with Gasteiger partial charge >= 0.3 is 35.8 Å². The molecule has 0 spiro atoms. The molecule has 22 heteroatoms. The van der Waals surface area contributed by atoms with Crippen LogP contribution in [0.25, 0.3) is 0 Å². The van der Waals surface area contributed by atoms with E-state index < -0.39 is 59.7 Å². The molecule has 0 heterocycles. The molecule has 0 bridgehead atoms. The number of hydrogen-bond acceptors (Lipinski definition) is 14. The Balaban J connectivity index is -0.0000000481. The first-order chi connectivity index (χ1) is 13.2. The van der Waals surface area contributed by atoms with Crippen molar-refractivity contribution < 1.29 is 159 Å². The summed E-state index contributed by atoms with van der Waals surface area (Å²) in [7, 11) is 0. The maximum atomic E-state index is 9.10. The van der Waals surface area contributed by atoms with E-state index in [0.717, 1.165) is 0 Å². The van der Waals surface area contributed by atoms with Crippen LogP contribution >= 0.6 is 0 Å². The Morgan fingerprint density at radius 1 is 0.312 bits per heavy atom. The molecular weight excluding hydrogens is 914 g/mol. The van der Waals surface area contributed by atoms with E-state index >= 15 is 0 Å². The summed E-state index contributed by atoms with van der Waals surface area (Å²) in [5, 5.41) is 80.1. The minimum Gasteiger partial charge on any atom is -0.543 e. The minimum absolute atomic E-state index is 0. The van der Waals surface area contributed by atoms with Gasteiger partial charge in [-0.25, -0.2) is 28.8 Å². The largest absolute Gasteiger partial charge is 0.543 e. The fourth-order valence-electron chi connectivity index (χ4n) is 0. The Bertz CT molecular complexity index is 508. The number of carbonyl (C=O) groups excluding carboxylic acids is 4. The average Bonchev–Trinajstić information content (AvgIpc) is 2.56. The first kappa shape index (κ1) is 46.8. The van der Waals surface area contributed by atoms with Gasteiger partial charge in [0.05, 0.1) is 23.9 Å². The van der Waals surface area contributed by atoms with Crippen molar-refractivity contribution in [2.24, 2.45) is 0 Å². The van der Waals surface area contributed by atoms with E-state index in [-0.39, 0.29) is 59.9 Å². The van der Waals surface area contributed by atoms with Crippen LogP contribution in [0.2, 0.25) is 0 Å². The number of hydrogen-bond donors (Lipinski definition) is 6. The normalized spacial score (nSPS) is 6.88. The molecule has 0 saturated heterocycles. The average molecular weight is 920 g/mol. The predicted octanol–water partition coefficient (Wildman–Crippen LogP) is -9.56. The molecule has 0 amide bonds. The van der Waals surface area contributed by atoms with Gasteiger partial charge < -0.3 is 70.2 Å².